The van der Waals surface area contributed by atoms with Gasteiger partial charge in [-0.3, -0.25) is 9.10 Å². The van der Waals surface area contributed by atoms with Crippen molar-refractivity contribution in [1.82, 2.24) is 0 Å². The number of carbonyl (C=O) groups excluding carboxylic acids is 1. The Labute approximate surface area is 181 Å². The fraction of sp³-hybridized carbons (Fsp3) is 0.136. The summed E-state index contributed by atoms with van der Waals surface area (Å²) in [6, 6.07) is 20.4. The Morgan fingerprint density at radius 3 is 2.30 bits per heavy atom. The van der Waals surface area contributed by atoms with E-state index < -0.39 is 10.0 Å². The summed E-state index contributed by atoms with van der Waals surface area (Å²) >= 11 is 5.90. The van der Waals surface area contributed by atoms with Crippen LogP contribution < -0.4 is 14.4 Å². The summed E-state index contributed by atoms with van der Waals surface area (Å²) in [4.78, 5) is 12.5. The Balaban J connectivity index is 1.78. The van der Waals surface area contributed by atoms with Crippen molar-refractivity contribution in [3.8, 4) is 5.75 Å². The molecule has 0 aromatic heterocycles. The first-order chi connectivity index (χ1) is 14.3. The molecule has 0 bridgehead atoms. The van der Waals surface area contributed by atoms with E-state index in [1.54, 1.807) is 79.9 Å². The zero-order chi connectivity index (χ0) is 21.7. The van der Waals surface area contributed by atoms with Crippen molar-refractivity contribution >= 4 is 38.9 Å². The molecule has 0 unspecified atom stereocenters. The predicted molar refractivity (Wildman–Crippen MR) is 120 cm³/mol. The van der Waals surface area contributed by atoms with Gasteiger partial charge in [0.1, 0.15) is 5.75 Å². The molecule has 3 rings (SSSR count). The van der Waals surface area contributed by atoms with Gasteiger partial charge < -0.3 is 10.1 Å². The molecule has 0 aliphatic heterocycles. The third kappa shape index (κ3) is 5.52. The van der Waals surface area contributed by atoms with Crippen LogP contribution in [0.3, 0.4) is 0 Å². The lowest BCUT2D eigenvalue weighted by Gasteiger charge is -2.23. The first-order valence-electron chi connectivity index (χ1n) is 9.04. The number of sulfonamides is 1. The second kappa shape index (κ2) is 9.19. The van der Waals surface area contributed by atoms with Gasteiger partial charge in [0.25, 0.3) is 5.91 Å². The van der Waals surface area contributed by atoms with E-state index in [1.165, 1.54) is 4.31 Å². The highest BCUT2D eigenvalue weighted by molar-refractivity contribution is 7.92. The third-order valence-corrected chi connectivity index (χ3v) is 5.78. The van der Waals surface area contributed by atoms with Crippen LogP contribution in [-0.4, -0.2) is 27.7 Å². The number of carbonyl (C=O) groups is 1. The van der Waals surface area contributed by atoms with Crippen molar-refractivity contribution in [2.45, 2.75) is 6.54 Å². The molecule has 3 aromatic carbocycles. The summed E-state index contributed by atoms with van der Waals surface area (Å²) < 4.78 is 31.1. The summed E-state index contributed by atoms with van der Waals surface area (Å²) in [6.45, 7) is 0.158. The molecule has 3 aromatic rings. The van der Waals surface area contributed by atoms with Crippen LogP contribution in [-0.2, 0) is 16.6 Å². The van der Waals surface area contributed by atoms with Gasteiger partial charge in [-0.15, -0.1) is 0 Å². The minimum Gasteiger partial charge on any atom is -0.497 e. The molecule has 1 N–H and O–H groups in total. The summed E-state index contributed by atoms with van der Waals surface area (Å²) in [6.07, 6.45) is 1.15. The molecule has 0 spiro atoms. The van der Waals surface area contributed by atoms with Gasteiger partial charge >= 0.3 is 0 Å². The Kier molecular flexibility index (Phi) is 6.64. The largest absolute Gasteiger partial charge is 0.497 e. The van der Waals surface area contributed by atoms with Crippen molar-refractivity contribution in [1.29, 1.82) is 0 Å². The summed E-state index contributed by atoms with van der Waals surface area (Å²) in [7, 11) is -1.98. The lowest BCUT2D eigenvalue weighted by molar-refractivity contribution is 0.102. The van der Waals surface area contributed by atoms with Gasteiger partial charge in [-0.2, -0.15) is 0 Å². The number of nitrogens with one attached hydrogen (secondary N) is 1. The van der Waals surface area contributed by atoms with Crippen LogP contribution >= 0.6 is 11.6 Å². The topological polar surface area (TPSA) is 75.7 Å². The van der Waals surface area contributed by atoms with Crippen LogP contribution in [0.25, 0.3) is 0 Å². The van der Waals surface area contributed by atoms with E-state index in [-0.39, 0.29) is 12.5 Å². The molecule has 8 heteroatoms. The molecule has 1 amide bonds. The van der Waals surface area contributed by atoms with Crippen LogP contribution in [0.2, 0.25) is 5.02 Å². The minimum atomic E-state index is -3.53. The van der Waals surface area contributed by atoms with E-state index in [0.29, 0.717) is 27.7 Å². The molecular weight excluding hydrogens is 424 g/mol. The van der Waals surface area contributed by atoms with Crippen LogP contribution in [0, 0.1) is 0 Å². The molecule has 0 saturated carbocycles. The minimum absolute atomic E-state index is 0.158. The van der Waals surface area contributed by atoms with Crippen LogP contribution in [0.15, 0.2) is 72.8 Å². The highest BCUT2D eigenvalue weighted by Gasteiger charge is 2.18. The lowest BCUT2D eigenvalue weighted by Crippen LogP contribution is -2.29. The maximum absolute atomic E-state index is 12.5. The third-order valence-electron chi connectivity index (χ3n) is 4.38. The fourth-order valence-electron chi connectivity index (χ4n) is 2.84. The standard InChI is InChI=1S/C22H21ClN2O4S/c1-29-21-5-3-4-19(14-21)24-22(26)17-8-12-20(13-9-17)25(30(2,27)28)15-16-6-10-18(23)11-7-16/h3-14H,15H2,1-2H3,(H,24,26). The Morgan fingerprint density at radius 2 is 1.70 bits per heavy atom. The van der Waals surface area contributed by atoms with E-state index >= 15 is 0 Å². The van der Waals surface area contributed by atoms with Gasteiger partial charge in [-0.05, 0) is 54.1 Å². The number of rotatable bonds is 7. The van der Waals surface area contributed by atoms with Gasteiger partial charge in [0.15, 0.2) is 0 Å². The number of benzene rings is 3. The zero-order valence-electron chi connectivity index (χ0n) is 16.5. The molecular formula is C22H21ClN2O4S. The summed E-state index contributed by atoms with van der Waals surface area (Å²) in [5.74, 6) is 0.326. The molecule has 30 heavy (non-hydrogen) atoms. The maximum Gasteiger partial charge on any atom is 0.255 e. The average molecular weight is 445 g/mol. The smallest absolute Gasteiger partial charge is 0.255 e. The van der Waals surface area contributed by atoms with Crippen molar-refractivity contribution in [2.75, 3.05) is 23.0 Å². The molecule has 0 atom stereocenters. The van der Waals surface area contributed by atoms with E-state index in [9.17, 15) is 13.2 Å². The number of ether oxygens (including phenoxy) is 1. The van der Waals surface area contributed by atoms with Crippen LogP contribution in [0.1, 0.15) is 15.9 Å². The monoisotopic (exact) mass is 444 g/mol. The Morgan fingerprint density at radius 1 is 1.03 bits per heavy atom. The van der Waals surface area contributed by atoms with Crippen molar-refractivity contribution in [3.63, 3.8) is 0 Å². The lowest BCUT2D eigenvalue weighted by atomic mass is 10.1. The molecule has 0 aliphatic carbocycles. The Hall–Kier alpha value is -3.03. The Bertz CT molecular complexity index is 1130. The zero-order valence-corrected chi connectivity index (χ0v) is 18.1. The van der Waals surface area contributed by atoms with E-state index in [2.05, 4.69) is 5.32 Å². The molecule has 0 saturated heterocycles. The number of nitrogens with zero attached hydrogens (tertiary/aromatic N) is 1. The van der Waals surface area contributed by atoms with Crippen molar-refractivity contribution in [2.24, 2.45) is 0 Å². The number of hydrogen-bond donors (Lipinski definition) is 1. The van der Waals surface area contributed by atoms with E-state index in [1.807, 2.05) is 0 Å². The van der Waals surface area contributed by atoms with Crippen LogP contribution in [0.5, 0.6) is 5.75 Å². The molecule has 0 radical (unpaired) electrons. The van der Waals surface area contributed by atoms with Gasteiger partial charge in [0, 0.05) is 22.3 Å². The highest BCUT2D eigenvalue weighted by atomic mass is 35.5. The van der Waals surface area contributed by atoms with Gasteiger partial charge in [-0.1, -0.05) is 29.8 Å². The second-order valence-electron chi connectivity index (χ2n) is 6.63. The van der Waals surface area contributed by atoms with Crippen molar-refractivity contribution < 1.29 is 17.9 Å². The SMILES string of the molecule is COc1cccc(NC(=O)c2ccc(N(Cc3ccc(Cl)cc3)S(C)(=O)=O)cc2)c1. The first kappa shape index (κ1) is 21.7. The first-order valence-corrected chi connectivity index (χ1v) is 11.3. The maximum atomic E-state index is 12.5. The second-order valence-corrected chi connectivity index (χ2v) is 8.97. The van der Waals surface area contributed by atoms with E-state index in [0.717, 1.165) is 11.8 Å². The molecule has 156 valence electrons. The van der Waals surface area contributed by atoms with Gasteiger partial charge in [0.2, 0.25) is 10.0 Å². The van der Waals surface area contributed by atoms with E-state index in [4.69, 9.17) is 16.3 Å². The van der Waals surface area contributed by atoms with Crippen molar-refractivity contribution in [3.05, 3.63) is 88.9 Å². The molecule has 0 aliphatic rings. The predicted octanol–water partition coefficient (Wildman–Crippen LogP) is 4.57. The number of amides is 1. The number of methoxy groups -OCH3 is 1. The quantitative estimate of drug-likeness (QED) is 0.579. The average Bonchev–Trinajstić information content (AvgIpc) is 2.72. The number of halogens is 1. The van der Waals surface area contributed by atoms with Crippen LogP contribution in [0.4, 0.5) is 11.4 Å². The molecule has 0 fully saturated rings. The normalized spacial score (nSPS) is 11.0. The number of anilines is 2. The highest BCUT2D eigenvalue weighted by Crippen LogP contribution is 2.23. The molecule has 6 nitrogen and oxygen atoms in total. The number of hydrogen-bond acceptors (Lipinski definition) is 4. The summed E-state index contributed by atoms with van der Waals surface area (Å²) in [5.41, 5.74) is 2.26. The molecule has 0 heterocycles. The van der Waals surface area contributed by atoms with Gasteiger partial charge in [-0.25, -0.2) is 8.42 Å². The van der Waals surface area contributed by atoms with Gasteiger partial charge in [0.05, 0.1) is 25.6 Å². The summed E-state index contributed by atoms with van der Waals surface area (Å²) in [5, 5.41) is 3.37. The fourth-order valence-corrected chi connectivity index (χ4v) is 3.85.